The molecule has 2 aliphatic carbocycles. The molecule has 0 radical (unpaired) electrons. The van der Waals surface area contributed by atoms with Crippen LogP contribution in [-0.2, 0) is 33.4 Å². The van der Waals surface area contributed by atoms with Crippen LogP contribution in [0.4, 0.5) is 0 Å². The number of ether oxygens (including phenoxy) is 1. The molecule has 202 valence electrons. The molecule has 1 aliphatic heterocycles. The third kappa shape index (κ3) is 6.09. The van der Waals surface area contributed by atoms with Crippen molar-refractivity contribution in [1.29, 1.82) is 0 Å². The largest absolute Gasteiger partial charge is 0.464 e. The number of hydrogen-bond donors (Lipinski definition) is 1. The van der Waals surface area contributed by atoms with Crippen molar-refractivity contribution < 1.29 is 31.7 Å². The van der Waals surface area contributed by atoms with Crippen LogP contribution in [0, 0.1) is 17.8 Å². The summed E-state index contributed by atoms with van der Waals surface area (Å²) in [7, 11) is -2.40. The molecule has 11 heteroatoms. The summed E-state index contributed by atoms with van der Waals surface area (Å²) in [6, 6.07) is 6.06. The first kappa shape index (κ1) is 27.8. The van der Waals surface area contributed by atoms with Crippen molar-refractivity contribution in [1.82, 2.24) is 10.2 Å². The van der Waals surface area contributed by atoms with Crippen molar-refractivity contribution in [3.63, 3.8) is 0 Å². The number of esters is 1. The third-order valence-electron chi connectivity index (χ3n) is 7.40. The maximum atomic E-state index is 13.6. The summed E-state index contributed by atoms with van der Waals surface area (Å²) in [6.45, 7) is 2.43. The minimum absolute atomic E-state index is 0.00383. The Morgan fingerprint density at radius 2 is 1.86 bits per heavy atom. The van der Waals surface area contributed by atoms with Gasteiger partial charge in [-0.25, -0.2) is 4.79 Å². The van der Waals surface area contributed by atoms with E-state index < -0.39 is 45.5 Å². The van der Waals surface area contributed by atoms with Gasteiger partial charge in [0, 0.05) is 24.0 Å². The van der Waals surface area contributed by atoms with Crippen molar-refractivity contribution in [2.75, 3.05) is 20.2 Å². The van der Waals surface area contributed by atoms with Crippen LogP contribution in [0.5, 0.6) is 0 Å². The van der Waals surface area contributed by atoms with Gasteiger partial charge in [0.1, 0.15) is 5.54 Å². The van der Waals surface area contributed by atoms with Gasteiger partial charge in [-0.3, -0.25) is 13.8 Å². The third-order valence-corrected chi connectivity index (χ3v) is 9.30. The van der Waals surface area contributed by atoms with E-state index in [4.69, 9.17) is 8.92 Å². The zero-order chi connectivity index (χ0) is 26.8. The molecule has 37 heavy (non-hydrogen) atoms. The highest BCUT2D eigenvalue weighted by molar-refractivity contribution is 9.10. The smallest absolute Gasteiger partial charge is 0.332 e. The molecule has 1 heterocycles. The van der Waals surface area contributed by atoms with Crippen LogP contribution in [0.15, 0.2) is 45.8 Å². The highest BCUT2D eigenvalue weighted by Gasteiger charge is 2.62. The maximum Gasteiger partial charge on any atom is 0.332 e. The number of nitrogens with one attached hydrogen (secondary N) is 1. The van der Waals surface area contributed by atoms with Gasteiger partial charge in [-0.2, -0.15) is 8.42 Å². The molecule has 0 bridgehead atoms. The standard InChI is InChI=1S/C26H33BrN2O7S/c1-3-35-25(32)26-16-17(26)8-6-4-5-7-13-29(2)24(31)22-15-19(14-21(22)23(30)28-26)36-37(33,34)20-11-9-18(27)10-12-20/h6,8-12,17,19,21-22H,3-5,7,13-16H2,1-2H3,(H,28,30)/t17-,19+,21-,22-,26-/m1/s1. The molecule has 9 nitrogen and oxygen atoms in total. The summed E-state index contributed by atoms with van der Waals surface area (Å²) >= 11 is 3.28. The summed E-state index contributed by atoms with van der Waals surface area (Å²) in [5.74, 6) is -2.95. The summed E-state index contributed by atoms with van der Waals surface area (Å²) in [4.78, 5) is 41.4. The van der Waals surface area contributed by atoms with E-state index in [1.54, 1.807) is 31.0 Å². The Labute approximate surface area is 226 Å². The number of halogens is 1. The first-order valence-corrected chi connectivity index (χ1v) is 14.9. The number of nitrogens with zero attached hydrogens (tertiary/aromatic N) is 1. The zero-order valence-electron chi connectivity index (χ0n) is 21.0. The normalized spacial score (nSPS) is 30.6. The maximum absolute atomic E-state index is 13.6. The van der Waals surface area contributed by atoms with Crippen LogP contribution in [0.3, 0.4) is 0 Å². The predicted octanol–water partition coefficient (Wildman–Crippen LogP) is 3.19. The van der Waals surface area contributed by atoms with Crippen molar-refractivity contribution in [3.05, 3.63) is 40.9 Å². The first-order chi connectivity index (χ1) is 17.6. The second-order valence-corrected chi connectivity index (χ2v) is 12.5. The van der Waals surface area contributed by atoms with E-state index in [1.165, 1.54) is 12.1 Å². The van der Waals surface area contributed by atoms with Crippen LogP contribution in [0.25, 0.3) is 0 Å². The van der Waals surface area contributed by atoms with Gasteiger partial charge in [-0.1, -0.05) is 28.1 Å². The Balaban J connectivity index is 1.59. The van der Waals surface area contributed by atoms with Crippen molar-refractivity contribution in [3.8, 4) is 0 Å². The second-order valence-electron chi connectivity index (χ2n) is 9.99. The summed E-state index contributed by atoms with van der Waals surface area (Å²) in [6.07, 6.45) is 6.17. The predicted molar refractivity (Wildman–Crippen MR) is 139 cm³/mol. The van der Waals surface area contributed by atoms with Crippen LogP contribution < -0.4 is 5.32 Å². The van der Waals surface area contributed by atoms with Gasteiger partial charge in [0.15, 0.2) is 0 Å². The molecule has 0 saturated heterocycles. The quantitative estimate of drug-likeness (QED) is 0.315. The van der Waals surface area contributed by atoms with Gasteiger partial charge in [0.25, 0.3) is 10.1 Å². The molecule has 2 amide bonds. The van der Waals surface area contributed by atoms with E-state index in [0.717, 1.165) is 23.7 Å². The monoisotopic (exact) mass is 596 g/mol. The number of allylic oxidation sites excluding steroid dienone is 1. The molecule has 1 aromatic carbocycles. The topological polar surface area (TPSA) is 119 Å². The van der Waals surface area contributed by atoms with Crippen molar-refractivity contribution >= 4 is 43.8 Å². The van der Waals surface area contributed by atoms with Gasteiger partial charge in [-0.15, -0.1) is 0 Å². The second kappa shape index (κ2) is 11.2. The molecular weight excluding hydrogens is 564 g/mol. The van der Waals surface area contributed by atoms with Crippen LogP contribution >= 0.6 is 15.9 Å². The Morgan fingerprint density at radius 1 is 1.16 bits per heavy atom. The van der Waals surface area contributed by atoms with E-state index in [0.29, 0.717) is 13.0 Å². The molecule has 0 unspecified atom stereocenters. The van der Waals surface area contributed by atoms with Crippen molar-refractivity contribution in [2.24, 2.45) is 17.8 Å². The molecule has 1 N–H and O–H groups in total. The highest BCUT2D eigenvalue weighted by Crippen LogP contribution is 2.47. The summed E-state index contributed by atoms with van der Waals surface area (Å²) < 4.78 is 37.4. The fourth-order valence-electron chi connectivity index (χ4n) is 5.26. The lowest BCUT2D eigenvalue weighted by atomic mass is 9.93. The lowest BCUT2D eigenvalue weighted by Gasteiger charge is -2.26. The zero-order valence-corrected chi connectivity index (χ0v) is 23.4. The fourth-order valence-corrected chi connectivity index (χ4v) is 6.62. The molecule has 4 rings (SSSR count). The van der Waals surface area contributed by atoms with Crippen LogP contribution in [0.2, 0.25) is 0 Å². The first-order valence-electron chi connectivity index (χ1n) is 12.7. The Kier molecular flexibility index (Phi) is 8.45. The van der Waals surface area contributed by atoms with Gasteiger partial charge < -0.3 is 15.0 Å². The number of benzene rings is 1. The number of hydrogen-bond acceptors (Lipinski definition) is 7. The fraction of sp³-hybridized carbons (Fsp3) is 0.577. The van der Waals surface area contributed by atoms with Crippen molar-refractivity contribution in [2.45, 2.75) is 62.0 Å². The van der Waals surface area contributed by atoms with E-state index in [1.807, 2.05) is 12.2 Å². The molecule has 0 spiro atoms. The van der Waals surface area contributed by atoms with Gasteiger partial charge in [0.2, 0.25) is 11.8 Å². The van der Waals surface area contributed by atoms with E-state index in [9.17, 15) is 22.8 Å². The molecule has 3 aliphatic rings. The SMILES string of the molecule is CCOC(=O)[C@@]12C[C@H]1C=CCCCCN(C)C(=O)[C@@H]1C[C@@H](OS(=O)(=O)c3ccc(Br)cc3)C[C@H]1C(=O)N2. The van der Waals surface area contributed by atoms with E-state index in [2.05, 4.69) is 21.2 Å². The Bertz CT molecular complexity index is 1170. The number of rotatable bonds is 5. The molecular formula is C26H33BrN2O7S. The van der Waals surface area contributed by atoms with Gasteiger partial charge in [0.05, 0.1) is 29.4 Å². The number of fused-ring (bicyclic) bond motifs is 2. The number of amides is 2. The molecule has 1 aromatic rings. The van der Waals surface area contributed by atoms with Crippen LogP contribution in [0.1, 0.15) is 45.4 Å². The molecule has 2 fully saturated rings. The van der Waals surface area contributed by atoms with E-state index in [-0.39, 0.29) is 36.2 Å². The average molecular weight is 598 g/mol. The lowest BCUT2D eigenvalue weighted by Crippen LogP contribution is -2.50. The molecule has 0 aromatic heterocycles. The number of carbonyl (C=O) groups excluding carboxylic acids is 3. The van der Waals surface area contributed by atoms with Gasteiger partial charge >= 0.3 is 5.97 Å². The molecule has 2 saturated carbocycles. The highest BCUT2D eigenvalue weighted by atomic mass is 79.9. The van der Waals surface area contributed by atoms with Gasteiger partial charge in [-0.05, 0) is 69.7 Å². The Morgan fingerprint density at radius 3 is 2.57 bits per heavy atom. The Hall–Kier alpha value is -2.24. The van der Waals surface area contributed by atoms with E-state index >= 15 is 0 Å². The number of carbonyl (C=O) groups is 3. The summed E-state index contributed by atoms with van der Waals surface area (Å²) in [5, 5.41) is 2.89. The van der Waals surface area contributed by atoms with Crippen LogP contribution in [-0.4, -0.2) is 62.9 Å². The minimum Gasteiger partial charge on any atom is -0.464 e. The minimum atomic E-state index is -4.10. The molecule has 5 atom stereocenters. The lowest BCUT2D eigenvalue weighted by molar-refractivity contribution is -0.150. The average Bonchev–Trinajstić information content (AvgIpc) is 3.39. The summed E-state index contributed by atoms with van der Waals surface area (Å²) in [5.41, 5.74) is -1.16.